The molecule has 0 unspecified atom stereocenters. The molecule has 18 heavy (non-hydrogen) atoms. The van der Waals surface area contributed by atoms with Gasteiger partial charge < -0.3 is 15.0 Å². The molecule has 2 rings (SSSR count). The zero-order chi connectivity index (χ0) is 12.8. The van der Waals surface area contributed by atoms with E-state index < -0.39 is 0 Å². The van der Waals surface area contributed by atoms with Crippen molar-refractivity contribution in [1.29, 1.82) is 0 Å². The largest absolute Gasteiger partial charge is 0.384 e. The van der Waals surface area contributed by atoms with Gasteiger partial charge in [-0.3, -0.25) is 5.10 Å². The van der Waals surface area contributed by atoms with Crippen LogP contribution >= 0.6 is 0 Å². The summed E-state index contributed by atoms with van der Waals surface area (Å²) in [4.78, 5) is 6.77. The minimum absolute atomic E-state index is 0.679. The molecule has 0 radical (unpaired) electrons. The molecule has 0 aromatic carbocycles. The Kier molecular flexibility index (Phi) is 4.95. The number of aromatic amines is 1. The molecule has 0 bridgehead atoms. The lowest BCUT2D eigenvalue weighted by molar-refractivity contribution is 0.200. The van der Waals surface area contributed by atoms with Crippen LogP contribution in [0.3, 0.4) is 0 Å². The number of ether oxygens (including phenoxy) is 1. The first-order valence-corrected chi connectivity index (χ1v) is 6.63. The van der Waals surface area contributed by atoms with Crippen molar-refractivity contribution in [3.05, 3.63) is 5.82 Å². The quantitative estimate of drug-likeness (QED) is 0.769. The van der Waals surface area contributed by atoms with Gasteiger partial charge in [-0.2, -0.15) is 4.98 Å². The zero-order valence-electron chi connectivity index (χ0n) is 11.3. The van der Waals surface area contributed by atoms with Gasteiger partial charge in [0.15, 0.2) is 0 Å². The lowest BCUT2D eigenvalue weighted by Crippen LogP contribution is -2.37. The van der Waals surface area contributed by atoms with Crippen LogP contribution in [-0.2, 0) is 11.2 Å². The molecular formula is C12H23N5O. The van der Waals surface area contributed by atoms with E-state index in [9.17, 15) is 0 Å². The van der Waals surface area contributed by atoms with E-state index in [1.54, 1.807) is 7.11 Å². The van der Waals surface area contributed by atoms with Crippen LogP contribution < -0.4 is 10.2 Å². The van der Waals surface area contributed by atoms with E-state index in [1.807, 2.05) is 7.05 Å². The Hall–Kier alpha value is -1.14. The number of methoxy groups -OCH3 is 1. The highest BCUT2D eigenvalue weighted by Gasteiger charge is 2.21. The van der Waals surface area contributed by atoms with Gasteiger partial charge in [-0.05, 0) is 32.4 Å². The molecular weight excluding hydrogens is 230 g/mol. The van der Waals surface area contributed by atoms with Crippen molar-refractivity contribution in [1.82, 2.24) is 20.5 Å². The summed E-state index contributed by atoms with van der Waals surface area (Å²) < 4.78 is 5.03. The first-order chi connectivity index (χ1) is 8.83. The molecule has 1 saturated heterocycles. The maximum atomic E-state index is 5.03. The maximum absolute atomic E-state index is 5.03. The predicted molar refractivity (Wildman–Crippen MR) is 70.8 cm³/mol. The predicted octanol–water partition coefficient (Wildman–Crippen LogP) is 0.429. The van der Waals surface area contributed by atoms with Crippen LogP contribution in [-0.4, -0.2) is 55.6 Å². The molecule has 102 valence electrons. The Bertz CT molecular complexity index is 346. The van der Waals surface area contributed by atoms with E-state index in [0.717, 1.165) is 43.7 Å². The standard InChI is InChI=1S/C12H23N5O/c1-13-9-10-3-6-17(7-4-10)12-14-11(15-16-12)5-8-18-2/h10,13H,3-9H2,1-2H3,(H,14,15,16). The summed E-state index contributed by atoms with van der Waals surface area (Å²) >= 11 is 0. The molecule has 6 nitrogen and oxygen atoms in total. The van der Waals surface area contributed by atoms with Crippen LogP contribution in [0.2, 0.25) is 0 Å². The first-order valence-electron chi connectivity index (χ1n) is 6.63. The van der Waals surface area contributed by atoms with Crippen molar-refractivity contribution in [2.24, 2.45) is 5.92 Å². The van der Waals surface area contributed by atoms with Crippen LogP contribution in [0.15, 0.2) is 0 Å². The average Bonchev–Trinajstić information content (AvgIpc) is 2.86. The van der Waals surface area contributed by atoms with Gasteiger partial charge in [-0.1, -0.05) is 0 Å². The molecule has 0 spiro atoms. The number of piperidine rings is 1. The molecule has 0 saturated carbocycles. The van der Waals surface area contributed by atoms with Gasteiger partial charge in [-0.15, -0.1) is 5.10 Å². The minimum Gasteiger partial charge on any atom is -0.384 e. The Morgan fingerprint density at radius 3 is 2.89 bits per heavy atom. The maximum Gasteiger partial charge on any atom is 0.244 e. The molecule has 1 aromatic rings. The number of anilines is 1. The van der Waals surface area contributed by atoms with E-state index in [0.29, 0.717) is 6.61 Å². The van der Waals surface area contributed by atoms with E-state index in [1.165, 1.54) is 12.8 Å². The summed E-state index contributed by atoms with van der Waals surface area (Å²) in [7, 11) is 3.72. The third kappa shape index (κ3) is 3.43. The molecule has 2 heterocycles. The van der Waals surface area contributed by atoms with Crippen LogP contribution in [0.4, 0.5) is 5.95 Å². The molecule has 0 aliphatic carbocycles. The normalized spacial score (nSPS) is 17.3. The molecule has 6 heteroatoms. The van der Waals surface area contributed by atoms with Crippen molar-refractivity contribution in [2.45, 2.75) is 19.3 Å². The van der Waals surface area contributed by atoms with Crippen molar-refractivity contribution < 1.29 is 4.74 Å². The van der Waals surface area contributed by atoms with Gasteiger partial charge in [0.25, 0.3) is 0 Å². The Morgan fingerprint density at radius 1 is 1.44 bits per heavy atom. The van der Waals surface area contributed by atoms with E-state index in [-0.39, 0.29) is 0 Å². The highest BCUT2D eigenvalue weighted by atomic mass is 16.5. The number of aromatic nitrogens is 3. The molecule has 1 fully saturated rings. The second kappa shape index (κ2) is 6.70. The van der Waals surface area contributed by atoms with E-state index >= 15 is 0 Å². The Morgan fingerprint density at radius 2 is 2.22 bits per heavy atom. The fourth-order valence-electron chi connectivity index (χ4n) is 2.36. The van der Waals surface area contributed by atoms with Crippen LogP contribution in [0.5, 0.6) is 0 Å². The SMILES string of the molecule is CNCC1CCN(c2n[nH]c(CCOC)n2)CC1. The van der Waals surface area contributed by atoms with Crippen LogP contribution in [0, 0.1) is 5.92 Å². The van der Waals surface area contributed by atoms with Crippen molar-refractivity contribution >= 4 is 5.95 Å². The number of nitrogens with one attached hydrogen (secondary N) is 2. The lowest BCUT2D eigenvalue weighted by Gasteiger charge is -2.30. The van der Waals surface area contributed by atoms with Crippen molar-refractivity contribution in [2.75, 3.05) is 45.3 Å². The highest BCUT2D eigenvalue weighted by molar-refractivity contribution is 5.29. The lowest BCUT2D eigenvalue weighted by atomic mass is 9.97. The monoisotopic (exact) mass is 253 g/mol. The van der Waals surface area contributed by atoms with E-state index in [4.69, 9.17) is 4.74 Å². The number of H-pyrrole nitrogens is 1. The summed E-state index contributed by atoms with van der Waals surface area (Å²) in [6.07, 6.45) is 3.21. The second-order valence-corrected chi connectivity index (χ2v) is 4.81. The van der Waals surface area contributed by atoms with Gasteiger partial charge in [0.05, 0.1) is 6.61 Å². The van der Waals surface area contributed by atoms with Gasteiger partial charge >= 0.3 is 0 Å². The topological polar surface area (TPSA) is 66.1 Å². The summed E-state index contributed by atoms with van der Waals surface area (Å²) in [5.41, 5.74) is 0. The third-order valence-electron chi connectivity index (χ3n) is 3.45. The number of nitrogens with zero attached hydrogens (tertiary/aromatic N) is 3. The fourth-order valence-corrected chi connectivity index (χ4v) is 2.36. The number of hydrogen-bond acceptors (Lipinski definition) is 5. The second-order valence-electron chi connectivity index (χ2n) is 4.81. The Balaban J connectivity index is 1.83. The van der Waals surface area contributed by atoms with Crippen molar-refractivity contribution in [3.63, 3.8) is 0 Å². The summed E-state index contributed by atoms with van der Waals surface area (Å²) in [5.74, 6) is 2.53. The first kappa shape index (κ1) is 13.3. The minimum atomic E-state index is 0.679. The Labute approximate surface area is 108 Å². The van der Waals surface area contributed by atoms with Crippen LogP contribution in [0.25, 0.3) is 0 Å². The van der Waals surface area contributed by atoms with Gasteiger partial charge in [0.1, 0.15) is 5.82 Å². The number of hydrogen-bond donors (Lipinski definition) is 2. The molecule has 0 atom stereocenters. The number of rotatable bonds is 6. The van der Waals surface area contributed by atoms with Gasteiger partial charge in [-0.25, -0.2) is 0 Å². The summed E-state index contributed by atoms with van der Waals surface area (Å²) in [5, 5.41) is 10.5. The summed E-state index contributed by atoms with van der Waals surface area (Å²) in [6.45, 7) is 3.89. The zero-order valence-corrected chi connectivity index (χ0v) is 11.3. The van der Waals surface area contributed by atoms with Gasteiger partial charge in [0.2, 0.25) is 5.95 Å². The molecule has 0 amide bonds. The average molecular weight is 253 g/mol. The third-order valence-corrected chi connectivity index (χ3v) is 3.45. The smallest absolute Gasteiger partial charge is 0.244 e. The molecule has 2 N–H and O–H groups in total. The fraction of sp³-hybridized carbons (Fsp3) is 0.833. The molecule has 1 aliphatic rings. The molecule has 1 aliphatic heterocycles. The molecule has 1 aromatic heterocycles. The van der Waals surface area contributed by atoms with Crippen molar-refractivity contribution in [3.8, 4) is 0 Å². The van der Waals surface area contributed by atoms with E-state index in [2.05, 4.69) is 25.4 Å². The van der Waals surface area contributed by atoms with Crippen LogP contribution in [0.1, 0.15) is 18.7 Å². The highest BCUT2D eigenvalue weighted by Crippen LogP contribution is 2.19. The summed E-state index contributed by atoms with van der Waals surface area (Å²) in [6, 6.07) is 0. The van der Waals surface area contributed by atoms with Gasteiger partial charge in [0, 0.05) is 26.6 Å².